The summed E-state index contributed by atoms with van der Waals surface area (Å²) in [4.78, 5) is 39.4. The van der Waals surface area contributed by atoms with Gasteiger partial charge in [0.1, 0.15) is 29.6 Å². The first-order valence-electron chi connectivity index (χ1n) is 15.1. The van der Waals surface area contributed by atoms with Gasteiger partial charge in [-0.25, -0.2) is 0 Å². The van der Waals surface area contributed by atoms with E-state index in [0.717, 1.165) is 16.9 Å². The molecule has 0 atom stereocenters. The number of hydrogen-bond donors (Lipinski definition) is 2. The molecule has 0 saturated carbocycles. The minimum atomic E-state index is -0.570. The molecule has 8 nitrogen and oxygen atoms in total. The molecule has 5 aromatic rings. The fraction of sp³-hybridized carbons (Fsp3) is 0.0750. The highest BCUT2D eigenvalue weighted by Gasteiger charge is 2.17. The van der Waals surface area contributed by atoms with Crippen LogP contribution >= 0.6 is 0 Å². The summed E-state index contributed by atoms with van der Waals surface area (Å²) in [5.41, 5.74) is 3.71. The number of ketones is 1. The normalized spacial score (nSPS) is 11.1. The minimum Gasteiger partial charge on any atom is -0.497 e. The van der Waals surface area contributed by atoms with E-state index in [2.05, 4.69) is 10.6 Å². The maximum Gasteiger partial charge on any atom is 0.272 e. The van der Waals surface area contributed by atoms with Crippen molar-refractivity contribution in [2.24, 2.45) is 0 Å². The number of hydrogen-bond acceptors (Lipinski definition) is 6. The summed E-state index contributed by atoms with van der Waals surface area (Å²) in [6.07, 6.45) is 4.75. The van der Waals surface area contributed by atoms with E-state index in [0.29, 0.717) is 40.5 Å². The number of nitrogens with one attached hydrogen (secondary N) is 2. The second kappa shape index (κ2) is 16.2. The van der Waals surface area contributed by atoms with Crippen LogP contribution in [-0.2, 0) is 11.4 Å². The molecule has 0 aliphatic carbocycles. The van der Waals surface area contributed by atoms with Crippen molar-refractivity contribution in [2.45, 2.75) is 6.61 Å². The van der Waals surface area contributed by atoms with Gasteiger partial charge in [-0.3, -0.25) is 14.4 Å². The average Bonchev–Trinajstić information content (AvgIpc) is 3.14. The van der Waals surface area contributed by atoms with Gasteiger partial charge in [0.25, 0.3) is 11.8 Å². The summed E-state index contributed by atoms with van der Waals surface area (Å²) in [6.45, 7) is 0.474. The molecule has 8 heteroatoms. The Morgan fingerprint density at radius 3 is 2.02 bits per heavy atom. The Kier molecular flexibility index (Phi) is 11.2. The van der Waals surface area contributed by atoms with E-state index in [1.807, 2.05) is 54.6 Å². The molecule has 0 fully saturated rings. The highest BCUT2D eigenvalue weighted by molar-refractivity contribution is 6.11. The summed E-state index contributed by atoms with van der Waals surface area (Å²) in [5, 5.41) is 5.51. The lowest BCUT2D eigenvalue weighted by Gasteiger charge is -2.13. The number of carbonyl (C=O) groups excluding carboxylic acids is 3. The van der Waals surface area contributed by atoms with Crippen LogP contribution in [0, 0.1) is 0 Å². The molecular formula is C40H34N2O6. The third kappa shape index (κ3) is 9.08. The Balaban J connectivity index is 1.25. The number of allylic oxidation sites excluding steroid dienone is 1. The zero-order chi connectivity index (χ0) is 33.7. The average molecular weight is 639 g/mol. The fourth-order valence-electron chi connectivity index (χ4n) is 4.65. The number of rotatable bonds is 13. The van der Waals surface area contributed by atoms with Crippen LogP contribution in [-0.4, -0.2) is 31.8 Å². The van der Waals surface area contributed by atoms with Crippen LogP contribution < -0.4 is 24.8 Å². The minimum absolute atomic E-state index is 0.0185. The molecule has 0 aliphatic heterocycles. The second-order valence-corrected chi connectivity index (χ2v) is 10.6. The highest BCUT2D eigenvalue weighted by Crippen LogP contribution is 2.26. The summed E-state index contributed by atoms with van der Waals surface area (Å²) in [7, 11) is 3.05. The summed E-state index contributed by atoms with van der Waals surface area (Å²) >= 11 is 0. The molecule has 2 amide bonds. The number of amides is 2. The van der Waals surface area contributed by atoms with Crippen LogP contribution in [0.3, 0.4) is 0 Å². The number of methoxy groups -OCH3 is 2. The first-order valence-corrected chi connectivity index (χ1v) is 15.1. The van der Waals surface area contributed by atoms with Crippen molar-refractivity contribution in [3.63, 3.8) is 0 Å². The quantitative estimate of drug-likeness (QED) is 0.102. The predicted octanol–water partition coefficient (Wildman–Crippen LogP) is 7.59. The van der Waals surface area contributed by atoms with E-state index in [4.69, 9.17) is 14.2 Å². The Labute approximate surface area is 279 Å². The predicted molar refractivity (Wildman–Crippen MR) is 187 cm³/mol. The molecule has 5 rings (SSSR count). The van der Waals surface area contributed by atoms with E-state index in [1.165, 1.54) is 26.4 Å². The standard InChI is InChI=1S/C40H34N2O6/c1-46-35-22-24-38(47-2)32(25-35)26-36(42-39(44)31-11-7-4-8-12-31)40(45)41-33-18-16-30(17-19-33)37(43)23-15-28-13-20-34(21-14-28)48-27-29-9-5-3-6-10-29/h3-26H,27H2,1-2H3,(H,41,45)(H,42,44)/b23-15+,36-26-. The van der Waals surface area contributed by atoms with Gasteiger partial charge in [-0.2, -0.15) is 0 Å². The smallest absolute Gasteiger partial charge is 0.272 e. The Bertz CT molecular complexity index is 1920. The molecule has 0 bridgehead atoms. The van der Waals surface area contributed by atoms with E-state index >= 15 is 0 Å². The molecule has 5 aromatic carbocycles. The van der Waals surface area contributed by atoms with Gasteiger partial charge in [0, 0.05) is 22.4 Å². The largest absolute Gasteiger partial charge is 0.497 e. The van der Waals surface area contributed by atoms with Crippen LogP contribution in [0.2, 0.25) is 0 Å². The molecule has 0 aliphatic rings. The Morgan fingerprint density at radius 2 is 1.35 bits per heavy atom. The molecule has 2 N–H and O–H groups in total. The Hall–Kier alpha value is -6.41. The number of ether oxygens (including phenoxy) is 3. The van der Waals surface area contributed by atoms with Crippen molar-refractivity contribution in [1.82, 2.24) is 5.32 Å². The zero-order valence-corrected chi connectivity index (χ0v) is 26.5. The molecule has 0 aromatic heterocycles. The van der Waals surface area contributed by atoms with Crippen LogP contribution in [0.25, 0.3) is 12.2 Å². The van der Waals surface area contributed by atoms with Crippen LogP contribution in [0.15, 0.2) is 139 Å². The lowest BCUT2D eigenvalue weighted by molar-refractivity contribution is -0.113. The van der Waals surface area contributed by atoms with Crippen LogP contribution in [0.5, 0.6) is 17.2 Å². The van der Waals surface area contributed by atoms with Gasteiger partial charge >= 0.3 is 0 Å². The molecule has 48 heavy (non-hydrogen) atoms. The van der Waals surface area contributed by atoms with Gasteiger partial charge in [-0.1, -0.05) is 66.7 Å². The van der Waals surface area contributed by atoms with Crippen molar-refractivity contribution >= 4 is 35.4 Å². The maximum absolute atomic E-state index is 13.5. The van der Waals surface area contributed by atoms with Crippen molar-refractivity contribution in [2.75, 3.05) is 19.5 Å². The molecule has 0 heterocycles. The molecular weight excluding hydrogens is 604 g/mol. The van der Waals surface area contributed by atoms with Crippen molar-refractivity contribution < 1.29 is 28.6 Å². The number of anilines is 1. The Morgan fingerprint density at radius 1 is 0.688 bits per heavy atom. The third-order valence-electron chi connectivity index (χ3n) is 7.25. The van der Waals surface area contributed by atoms with Crippen LogP contribution in [0.4, 0.5) is 5.69 Å². The lowest BCUT2D eigenvalue weighted by atomic mass is 10.1. The van der Waals surface area contributed by atoms with Gasteiger partial charge < -0.3 is 24.8 Å². The van der Waals surface area contributed by atoms with Gasteiger partial charge in [-0.15, -0.1) is 0 Å². The molecule has 240 valence electrons. The highest BCUT2D eigenvalue weighted by atomic mass is 16.5. The van der Waals surface area contributed by atoms with Gasteiger partial charge in [-0.05, 0) is 90.0 Å². The van der Waals surface area contributed by atoms with Crippen molar-refractivity contribution in [3.8, 4) is 17.2 Å². The van der Waals surface area contributed by atoms with Gasteiger partial charge in [0.05, 0.1) is 14.2 Å². The van der Waals surface area contributed by atoms with Crippen molar-refractivity contribution in [1.29, 1.82) is 0 Å². The van der Waals surface area contributed by atoms with Gasteiger partial charge in [0.2, 0.25) is 0 Å². The van der Waals surface area contributed by atoms with E-state index in [9.17, 15) is 14.4 Å². The summed E-state index contributed by atoms with van der Waals surface area (Å²) in [5.74, 6) is 0.548. The molecule has 0 unspecified atom stereocenters. The van der Waals surface area contributed by atoms with E-state index in [1.54, 1.807) is 78.9 Å². The third-order valence-corrected chi connectivity index (χ3v) is 7.25. The topological polar surface area (TPSA) is 103 Å². The molecule has 0 spiro atoms. The summed E-state index contributed by atoms with van der Waals surface area (Å²) < 4.78 is 16.6. The maximum atomic E-state index is 13.5. The SMILES string of the molecule is COc1ccc(OC)c(/C=C(\NC(=O)c2ccccc2)C(=O)Nc2ccc(C(=O)/C=C/c3ccc(OCc4ccccc4)cc3)cc2)c1. The fourth-order valence-corrected chi connectivity index (χ4v) is 4.65. The van der Waals surface area contributed by atoms with E-state index < -0.39 is 11.8 Å². The zero-order valence-electron chi connectivity index (χ0n) is 26.5. The van der Waals surface area contributed by atoms with Crippen molar-refractivity contribution in [3.05, 3.63) is 167 Å². The molecule has 0 radical (unpaired) electrons. The monoisotopic (exact) mass is 638 g/mol. The van der Waals surface area contributed by atoms with Gasteiger partial charge in [0.15, 0.2) is 5.78 Å². The summed E-state index contributed by atoms with van der Waals surface area (Å²) in [6, 6.07) is 37.6. The number of carbonyl (C=O) groups is 3. The molecule has 0 saturated heterocycles. The lowest BCUT2D eigenvalue weighted by Crippen LogP contribution is -2.30. The first kappa shape index (κ1) is 33.0. The second-order valence-electron chi connectivity index (χ2n) is 10.6. The van der Waals surface area contributed by atoms with E-state index in [-0.39, 0.29) is 11.5 Å². The number of benzene rings is 5. The first-order chi connectivity index (χ1) is 23.4. The van der Waals surface area contributed by atoms with Crippen LogP contribution in [0.1, 0.15) is 37.4 Å².